The van der Waals surface area contributed by atoms with Crippen molar-refractivity contribution < 1.29 is 14.3 Å². The molecule has 0 atom stereocenters. The molecule has 0 radical (unpaired) electrons. The van der Waals surface area contributed by atoms with Crippen LogP contribution in [0.4, 0.5) is 0 Å². The molecule has 32 heavy (non-hydrogen) atoms. The van der Waals surface area contributed by atoms with Gasteiger partial charge in [-0.25, -0.2) is 5.43 Å². The third-order valence-electron chi connectivity index (χ3n) is 4.50. The highest BCUT2D eigenvalue weighted by molar-refractivity contribution is 9.10. The fraction of sp³-hybridized carbons (Fsp3) is 0.200. The van der Waals surface area contributed by atoms with Gasteiger partial charge in [0.25, 0.3) is 0 Å². The van der Waals surface area contributed by atoms with Crippen molar-refractivity contribution >= 4 is 39.8 Å². The summed E-state index contributed by atoms with van der Waals surface area (Å²) in [6, 6.07) is 21.9. The van der Waals surface area contributed by atoms with Crippen molar-refractivity contribution in [2.75, 3.05) is 12.9 Å². The summed E-state index contributed by atoms with van der Waals surface area (Å²) in [6.45, 7) is 2.49. The van der Waals surface area contributed by atoms with E-state index in [1.165, 1.54) is 5.56 Å². The van der Waals surface area contributed by atoms with Crippen LogP contribution in [0.3, 0.4) is 0 Å². The lowest BCUT2D eigenvalue weighted by Gasteiger charge is -2.13. The molecule has 7 heteroatoms. The number of amides is 1. The monoisotopic (exact) mass is 512 g/mol. The van der Waals surface area contributed by atoms with Gasteiger partial charge in [-0.15, -0.1) is 11.8 Å². The minimum absolute atomic E-state index is 0.130. The van der Waals surface area contributed by atoms with Gasteiger partial charge in [0, 0.05) is 17.1 Å². The van der Waals surface area contributed by atoms with Gasteiger partial charge in [0.1, 0.15) is 6.61 Å². The van der Waals surface area contributed by atoms with E-state index in [-0.39, 0.29) is 5.91 Å². The molecule has 0 fully saturated rings. The Morgan fingerprint density at radius 1 is 1.12 bits per heavy atom. The van der Waals surface area contributed by atoms with Gasteiger partial charge < -0.3 is 9.47 Å². The van der Waals surface area contributed by atoms with Gasteiger partial charge in [-0.3, -0.25) is 4.79 Å². The van der Waals surface area contributed by atoms with Crippen LogP contribution >= 0.6 is 27.7 Å². The van der Waals surface area contributed by atoms with E-state index >= 15 is 0 Å². The smallest absolute Gasteiger partial charge is 0.240 e. The van der Waals surface area contributed by atoms with E-state index in [9.17, 15) is 4.79 Å². The summed E-state index contributed by atoms with van der Waals surface area (Å²) in [5, 5.41) is 4.07. The molecule has 0 unspecified atom stereocenters. The van der Waals surface area contributed by atoms with Crippen LogP contribution in [0.1, 0.15) is 23.1 Å². The van der Waals surface area contributed by atoms with E-state index in [1.54, 1.807) is 25.1 Å². The number of halogens is 1. The first-order valence-corrected chi connectivity index (χ1v) is 11.9. The lowest BCUT2D eigenvalue weighted by molar-refractivity contribution is -0.120. The number of hydrogen-bond acceptors (Lipinski definition) is 5. The Morgan fingerprint density at radius 2 is 1.88 bits per heavy atom. The zero-order valence-electron chi connectivity index (χ0n) is 18.0. The fourth-order valence-electron chi connectivity index (χ4n) is 2.81. The van der Waals surface area contributed by atoms with Gasteiger partial charge in [0.15, 0.2) is 11.5 Å². The van der Waals surface area contributed by atoms with E-state index in [0.29, 0.717) is 30.3 Å². The van der Waals surface area contributed by atoms with Crippen molar-refractivity contribution in [1.82, 2.24) is 5.43 Å². The number of benzene rings is 3. The number of thioether (sulfide) groups is 1. The topological polar surface area (TPSA) is 59.9 Å². The van der Waals surface area contributed by atoms with Gasteiger partial charge in [-0.1, -0.05) is 48.0 Å². The summed E-state index contributed by atoms with van der Waals surface area (Å²) in [4.78, 5) is 13.2. The zero-order chi connectivity index (χ0) is 22.8. The third-order valence-corrected chi connectivity index (χ3v) is 6.10. The molecule has 5 nitrogen and oxygen atoms in total. The summed E-state index contributed by atoms with van der Waals surface area (Å²) in [5.74, 6) is 1.76. The maximum Gasteiger partial charge on any atom is 0.240 e. The molecule has 0 saturated heterocycles. The number of carbonyl (C=O) groups is 1. The van der Waals surface area contributed by atoms with Gasteiger partial charge >= 0.3 is 0 Å². The first kappa shape index (κ1) is 23.9. The number of rotatable bonds is 10. The van der Waals surface area contributed by atoms with Gasteiger partial charge in [-0.2, -0.15) is 5.10 Å². The maximum atomic E-state index is 12.0. The first-order valence-electron chi connectivity index (χ1n) is 10.1. The molecule has 0 saturated carbocycles. The Morgan fingerprint density at radius 3 is 2.59 bits per heavy atom. The average molecular weight is 513 g/mol. The van der Waals surface area contributed by atoms with Crippen LogP contribution in [0.15, 0.2) is 81.2 Å². The molecule has 3 aromatic rings. The summed E-state index contributed by atoms with van der Waals surface area (Å²) in [7, 11) is 1.59. The average Bonchev–Trinajstić information content (AvgIpc) is 2.80. The van der Waals surface area contributed by atoms with Gasteiger partial charge in [-0.05, 0) is 58.2 Å². The molecule has 0 aliphatic heterocycles. The van der Waals surface area contributed by atoms with Crippen molar-refractivity contribution in [3.8, 4) is 11.5 Å². The van der Waals surface area contributed by atoms with Crippen molar-refractivity contribution in [2.24, 2.45) is 5.10 Å². The second kappa shape index (κ2) is 12.3. The standard InChI is InChI=1S/C25H25BrN2O3S/c1-18-8-10-21(11-9-18)32-13-12-24(29)28-27-16-20-14-22(26)25(23(15-20)30-2)31-17-19-6-4-3-5-7-19/h3-11,14-16H,12-13,17H2,1-2H3,(H,28,29)/b27-16-. The second-order valence-corrected chi connectivity index (χ2v) is 9.04. The lowest BCUT2D eigenvalue weighted by Crippen LogP contribution is -2.17. The summed E-state index contributed by atoms with van der Waals surface area (Å²) in [6.07, 6.45) is 1.97. The minimum Gasteiger partial charge on any atom is -0.493 e. The Balaban J connectivity index is 1.51. The van der Waals surface area contributed by atoms with Crippen LogP contribution in [-0.2, 0) is 11.4 Å². The molecule has 0 heterocycles. The van der Waals surface area contributed by atoms with Crippen molar-refractivity contribution in [1.29, 1.82) is 0 Å². The van der Waals surface area contributed by atoms with Crippen molar-refractivity contribution in [3.63, 3.8) is 0 Å². The van der Waals surface area contributed by atoms with E-state index in [2.05, 4.69) is 57.6 Å². The highest BCUT2D eigenvalue weighted by atomic mass is 79.9. The zero-order valence-corrected chi connectivity index (χ0v) is 20.4. The van der Waals surface area contributed by atoms with Crippen LogP contribution in [0.25, 0.3) is 0 Å². The van der Waals surface area contributed by atoms with E-state index < -0.39 is 0 Å². The molecule has 1 N–H and O–H groups in total. The predicted molar refractivity (Wildman–Crippen MR) is 134 cm³/mol. The van der Waals surface area contributed by atoms with Gasteiger partial charge in [0.2, 0.25) is 5.91 Å². The number of aryl methyl sites for hydroxylation is 1. The molecule has 1 amide bonds. The molecule has 0 spiro atoms. The Kier molecular flexibility index (Phi) is 9.19. The Bertz CT molecular complexity index is 1060. The summed E-state index contributed by atoms with van der Waals surface area (Å²) >= 11 is 5.19. The maximum absolute atomic E-state index is 12.0. The van der Waals surface area contributed by atoms with Crippen LogP contribution in [-0.4, -0.2) is 25.0 Å². The number of hydrogen-bond donors (Lipinski definition) is 1. The van der Waals surface area contributed by atoms with Crippen LogP contribution in [0, 0.1) is 6.92 Å². The van der Waals surface area contributed by atoms with E-state index in [0.717, 1.165) is 20.5 Å². The molecular weight excluding hydrogens is 488 g/mol. The normalized spacial score (nSPS) is 10.8. The third kappa shape index (κ3) is 7.43. The number of ether oxygens (including phenoxy) is 2. The number of methoxy groups -OCH3 is 1. The summed E-state index contributed by atoms with van der Waals surface area (Å²) < 4.78 is 12.2. The molecule has 0 aliphatic rings. The quantitative estimate of drug-likeness (QED) is 0.206. The number of nitrogens with one attached hydrogen (secondary N) is 1. The molecular formula is C25H25BrN2O3S. The highest BCUT2D eigenvalue weighted by Gasteiger charge is 2.11. The van der Waals surface area contributed by atoms with Crippen molar-refractivity contribution in [3.05, 3.63) is 87.9 Å². The second-order valence-electron chi connectivity index (χ2n) is 7.01. The van der Waals surface area contributed by atoms with E-state index in [1.807, 2.05) is 42.5 Å². The predicted octanol–water partition coefficient (Wildman–Crippen LogP) is 5.98. The molecule has 0 bridgehead atoms. The van der Waals surface area contributed by atoms with Crippen LogP contribution < -0.4 is 14.9 Å². The molecule has 0 aromatic heterocycles. The Labute approximate surface area is 201 Å². The molecule has 3 aromatic carbocycles. The first-order chi connectivity index (χ1) is 15.5. The fourth-order valence-corrected chi connectivity index (χ4v) is 4.24. The summed E-state index contributed by atoms with van der Waals surface area (Å²) in [5.41, 5.74) is 5.64. The van der Waals surface area contributed by atoms with E-state index in [4.69, 9.17) is 9.47 Å². The minimum atomic E-state index is -0.130. The molecule has 3 rings (SSSR count). The highest BCUT2D eigenvalue weighted by Crippen LogP contribution is 2.36. The Hall–Kier alpha value is -2.77. The van der Waals surface area contributed by atoms with Crippen LogP contribution in [0.2, 0.25) is 0 Å². The van der Waals surface area contributed by atoms with Gasteiger partial charge in [0.05, 0.1) is 17.8 Å². The van der Waals surface area contributed by atoms with Crippen molar-refractivity contribution in [2.45, 2.75) is 24.8 Å². The number of nitrogens with zero attached hydrogens (tertiary/aromatic N) is 1. The largest absolute Gasteiger partial charge is 0.493 e. The molecule has 166 valence electrons. The number of hydrazone groups is 1. The SMILES string of the molecule is COc1cc(/C=N\NC(=O)CCSc2ccc(C)cc2)cc(Br)c1OCc1ccccc1. The number of carbonyl (C=O) groups excluding carboxylic acids is 1. The van der Waals surface area contributed by atoms with Crippen LogP contribution in [0.5, 0.6) is 11.5 Å². The lowest BCUT2D eigenvalue weighted by atomic mass is 10.2. The molecule has 0 aliphatic carbocycles.